The molecule has 0 saturated carbocycles. The van der Waals surface area contributed by atoms with Crippen molar-refractivity contribution < 1.29 is 34.4 Å². The van der Waals surface area contributed by atoms with Gasteiger partial charge in [0, 0.05) is 22.3 Å². The molecule has 3 N–H and O–H groups in total. The third-order valence-corrected chi connectivity index (χ3v) is 4.20. The maximum atomic E-state index is 11.4. The van der Waals surface area contributed by atoms with Crippen LogP contribution in [0.15, 0.2) is 36.4 Å². The van der Waals surface area contributed by atoms with Crippen LogP contribution in [0.4, 0.5) is 0 Å². The van der Waals surface area contributed by atoms with Crippen molar-refractivity contribution in [1.82, 2.24) is 0 Å². The molecule has 0 heterocycles. The van der Waals surface area contributed by atoms with E-state index >= 15 is 0 Å². The summed E-state index contributed by atoms with van der Waals surface area (Å²) in [4.78, 5) is 22.0. The summed E-state index contributed by atoms with van der Waals surface area (Å²) in [6.45, 7) is -0.756. The normalized spacial score (nSPS) is 12.3. The summed E-state index contributed by atoms with van der Waals surface area (Å²) >= 11 is 0. The molecular weight excluding hydrogens is 340 g/mol. The lowest BCUT2D eigenvalue weighted by Crippen LogP contribution is -2.43. The van der Waals surface area contributed by atoms with Gasteiger partial charge in [-0.05, 0) is 12.1 Å². The van der Waals surface area contributed by atoms with E-state index in [0.29, 0.717) is 23.7 Å². The highest BCUT2D eigenvalue weighted by Gasteiger charge is 2.43. The second-order valence-corrected chi connectivity index (χ2v) is 5.62. The number of carbonyl (C=O) groups is 2. The number of hydrogen-bond acceptors (Lipinski definition) is 7. The van der Waals surface area contributed by atoms with Gasteiger partial charge in [-0.3, -0.25) is 9.59 Å². The molecule has 7 heteroatoms. The molecule has 0 radical (unpaired) electrons. The van der Waals surface area contributed by atoms with Gasteiger partial charge < -0.3 is 24.8 Å². The van der Waals surface area contributed by atoms with Gasteiger partial charge >= 0.3 is 0 Å². The Balaban J connectivity index is 2.79. The van der Waals surface area contributed by atoms with Gasteiger partial charge in [0.2, 0.25) is 0 Å². The minimum atomic E-state index is -2.12. The fraction of sp³-hybridized carbons (Fsp3) is 0.263. The monoisotopic (exact) mass is 360 g/mol. The van der Waals surface area contributed by atoms with Crippen molar-refractivity contribution in [3.8, 4) is 11.5 Å². The number of aldehydes is 2. The maximum absolute atomic E-state index is 11.4. The second-order valence-electron chi connectivity index (χ2n) is 5.62. The third kappa shape index (κ3) is 3.32. The molecule has 2 rings (SSSR count). The van der Waals surface area contributed by atoms with Gasteiger partial charge in [-0.25, -0.2) is 0 Å². The molecule has 2 aromatic rings. The van der Waals surface area contributed by atoms with Gasteiger partial charge in [0.1, 0.15) is 35.8 Å². The van der Waals surface area contributed by atoms with Gasteiger partial charge in [0.05, 0.1) is 20.8 Å². The Bertz CT molecular complexity index is 741. The fourth-order valence-corrected chi connectivity index (χ4v) is 2.83. The summed E-state index contributed by atoms with van der Waals surface area (Å²) in [7, 11) is 2.71. The van der Waals surface area contributed by atoms with E-state index in [9.17, 15) is 24.9 Å². The first kappa shape index (κ1) is 19.6. The van der Waals surface area contributed by atoms with Crippen LogP contribution in [0.1, 0.15) is 31.8 Å². The SMILES string of the molecule is COc1cc(C=O)ccc1C(O)(c1ccc(C=O)cc1OC)C(O)CO. The van der Waals surface area contributed by atoms with E-state index in [-0.39, 0.29) is 22.6 Å². The summed E-state index contributed by atoms with van der Waals surface area (Å²) in [6, 6.07) is 8.56. The average molecular weight is 360 g/mol. The van der Waals surface area contributed by atoms with E-state index < -0.39 is 18.3 Å². The quantitative estimate of drug-likeness (QED) is 0.600. The Morgan fingerprint density at radius 1 is 0.962 bits per heavy atom. The van der Waals surface area contributed by atoms with Crippen molar-refractivity contribution in [2.24, 2.45) is 0 Å². The lowest BCUT2D eigenvalue weighted by molar-refractivity contribution is -0.0748. The molecule has 0 aromatic heterocycles. The van der Waals surface area contributed by atoms with Crippen molar-refractivity contribution in [1.29, 1.82) is 0 Å². The Kier molecular flexibility index (Phi) is 6.10. The van der Waals surface area contributed by atoms with Crippen LogP contribution in [0.2, 0.25) is 0 Å². The third-order valence-electron chi connectivity index (χ3n) is 4.20. The van der Waals surface area contributed by atoms with Crippen molar-refractivity contribution in [2.75, 3.05) is 20.8 Å². The molecule has 1 atom stereocenters. The smallest absolute Gasteiger partial charge is 0.150 e. The van der Waals surface area contributed by atoms with Gasteiger partial charge in [0.15, 0.2) is 0 Å². The van der Waals surface area contributed by atoms with Gasteiger partial charge in [0.25, 0.3) is 0 Å². The number of carbonyl (C=O) groups excluding carboxylic acids is 2. The summed E-state index contributed by atoms with van der Waals surface area (Å²) in [5, 5.41) is 31.4. The Morgan fingerprint density at radius 3 is 1.69 bits per heavy atom. The Labute approximate surface area is 150 Å². The van der Waals surface area contributed by atoms with E-state index in [1.54, 1.807) is 0 Å². The minimum absolute atomic E-state index is 0.129. The van der Waals surface area contributed by atoms with E-state index in [1.165, 1.54) is 50.6 Å². The van der Waals surface area contributed by atoms with E-state index in [0.717, 1.165) is 0 Å². The zero-order valence-corrected chi connectivity index (χ0v) is 14.4. The molecule has 138 valence electrons. The minimum Gasteiger partial charge on any atom is -0.496 e. The fourth-order valence-electron chi connectivity index (χ4n) is 2.83. The van der Waals surface area contributed by atoms with Gasteiger partial charge in [-0.1, -0.05) is 24.3 Å². The first-order chi connectivity index (χ1) is 12.5. The molecule has 0 aliphatic carbocycles. The molecule has 1 unspecified atom stereocenters. The maximum Gasteiger partial charge on any atom is 0.150 e. The van der Waals surface area contributed by atoms with Crippen LogP contribution in [-0.2, 0) is 5.60 Å². The number of benzene rings is 2. The Morgan fingerprint density at radius 2 is 1.38 bits per heavy atom. The zero-order chi connectivity index (χ0) is 19.3. The van der Waals surface area contributed by atoms with Crippen molar-refractivity contribution >= 4 is 12.6 Å². The molecule has 0 fully saturated rings. The summed E-state index contributed by atoms with van der Waals surface area (Å²) in [5.41, 5.74) is -1.23. The van der Waals surface area contributed by atoms with Crippen LogP contribution in [0.3, 0.4) is 0 Å². The highest BCUT2D eigenvalue weighted by atomic mass is 16.5. The van der Waals surface area contributed by atoms with E-state index in [1.807, 2.05) is 0 Å². The van der Waals surface area contributed by atoms with Crippen LogP contribution >= 0.6 is 0 Å². The van der Waals surface area contributed by atoms with Crippen LogP contribution in [0.5, 0.6) is 11.5 Å². The first-order valence-electron chi connectivity index (χ1n) is 7.74. The molecule has 0 bridgehead atoms. The first-order valence-corrected chi connectivity index (χ1v) is 7.74. The molecule has 0 saturated heterocycles. The number of aliphatic hydroxyl groups is 3. The molecule has 0 aliphatic rings. The summed E-state index contributed by atoms with van der Waals surface area (Å²) in [6.07, 6.45) is -0.393. The van der Waals surface area contributed by atoms with Crippen molar-refractivity contribution in [3.05, 3.63) is 58.7 Å². The van der Waals surface area contributed by atoms with Crippen LogP contribution in [0, 0.1) is 0 Å². The van der Waals surface area contributed by atoms with Gasteiger partial charge in [-0.2, -0.15) is 0 Å². The van der Waals surface area contributed by atoms with E-state index in [4.69, 9.17) is 9.47 Å². The molecule has 0 amide bonds. The standard InChI is InChI=1S/C19H20O7/c1-25-16-7-12(9-20)3-5-14(16)19(24,18(23)11-22)15-6-4-13(10-21)8-17(15)26-2/h3-10,18,22-24H,11H2,1-2H3. The molecule has 0 spiro atoms. The van der Waals surface area contributed by atoms with Crippen LogP contribution in [-0.4, -0.2) is 54.8 Å². The zero-order valence-electron chi connectivity index (χ0n) is 14.4. The second kappa shape index (κ2) is 8.09. The number of hydrogen-bond donors (Lipinski definition) is 3. The number of ether oxygens (including phenoxy) is 2. The van der Waals surface area contributed by atoms with Crippen LogP contribution < -0.4 is 9.47 Å². The Hall–Kier alpha value is -2.74. The summed E-state index contributed by atoms with van der Waals surface area (Å²) < 4.78 is 10.5. The van der Waals surface area contributed by atoms with Gasteiger partial charge in [-0.15, -0.1) is 0 Å². The number of aliphatic hydroxyl groups excluding tert-OH is 2. The molecule has 7 nitrogen and oxygen atoms in total. The van der Waals surface area contributed by atoms with Crippen LogP contribution in [0.25, 0.3) is 0 Å². The molecule has 0 aliphatic heterocycles. The number of rotatable bonds is 8. The number of methoxy groups -OCH3 is 2. The highest BCUT2D eigenvalue weighted by Crippen LogP contribution is 2.42. The molecule has 26 heavy (non-hydrogen) atoms. The van der Waals surface area contributed by atoms with E-state index in [2.05, 4.69) is 0 Å². The highest BCUT2D eigenvalue weighted by molar-refractivity contribution is 5.77. The summed E-state index contributed by atoms with van der Waals surface area (Å²) in [5.74, 6) is 0.289. The predicted octanol–water partition coefficient (Wildman–Crippen LogP) is 0.918. The lowest BCUT2D eigenvalue weighted by atomic mass is 9.80. The topological polar surface area (TPSA) is 113 Å². The van der Waals surface area contributed by atoms with Crippen molar-refractivity contribution in [2.45, 2.75) is 11.7 Å². The molecular formula is C19H20O7. The largest absolute Gasteiger partial charge is 0.496 e. The molecule has 2 aromatic carbocycles. The predicted molar refractivity (Wildman–Crippen MR) is 92.9 cm³/mol. The lowest BCUT2D eigenvalue weighted by Gasteiger charge is -2.35. The average Bonchev–Trinajstić information content (AvgIpc) is 2.71. The van der Waals surface area contributed by atoms with Crippen molar-refractivity contribution in [3.63, 3.8) is 0 Å².